The zero-order valence-corrected chi connectivity index (χ0v) is 11.4. The normalized spacial score (nSPS) is 22.2. The summed E-state index contributed by atoms with van der Waals surface area (Å²) >= 11 is 3.14. The van der Waals surface area contributed by atoms with Gasteiger partial charge in [-0.05, 0) is 18.6 Å². The number of nitro groups is 1. The molecule has 102 valence electrons. The van der Waals surface area contributed by atoms with Gasteiger partial charge in [0.05, 0.1) is 17.1 Å². The minimum absolute atomic E-state index is 0.140. The number of aliphatic hydroxyl groups is 1. The largest absolute Gasteiger partial charge is 0.392 e. The highest BCUT2D eigenvalue weighted by molar-refractivity contribution is 9.10. The van der Waals surface area contributed by atoms with Crippen LogP contribution in [0.2, 0.25) is 0 Å². The number of benzene rings is 1. The molecule has 0 aromatic heterocycles. The van der Waals surface area contributed by atoms with Gasteiger partial charge in [0.1, 0.15) is 5.69 Å². The Kier molecular flexibility index (Phi) is 4.13. The summed E-state index contributed by atoms with van der Waals surface area (Å²) in [5.74, 6) is -0.387. The second kappa shape index (κ2) is 5.64. The molecule has 8 heteroatoms. The molecule has 3 N–H and O–H groups in total. The lowest BCUT2D eigenvalue weighted by Crippen LogP contribution is -2.35. The van der Waals surface area contributed by atoms with Crippen molar-refractivity contribution in [1.82, 2.24) is 5.32 Å². The Labute approximate surface area is 117 Å². The van der Waals surface area contributed by atoms with Crippen molar-refractivity contribution in [2.75, 3.05) is 11.9 Å². The molecule has 2 rings (SSSR count). The molecule has 1 fully saturated rings. The topological polar surface area (TPSA) is 104 Å². The standard InChI is InChI=1S/C11H12BrN3O4/c12-6-1-2-8(10(3-6)15(18)19)14-11(17)9-4-7(16)5-13-9/h1-3,7,9,13,16H,4-5H2,(H,14,17). The first-order valence-corrected chi connectivity index (χ1v) is 6.43. The molecule has 1 aromatic carbocycles. The number of carbonyl (C=O) groups excluding carboxylic acids is 1. The Bertz CT molecular complexity index is 523. The molecule has 1 aromatic rings. The molecule has 0 radical (unpaired) electrons. The van der Waals surface area contributed by atoms with Gasteiger partial charge in [0.2, 0.25) is 5.91 Å². The van der Waals surface area contributed by atoms with Crippen LogP contribution in [-0.2, 0) is 4.79 Å². The van der Waals surface area contributed by atoms with Gasteiger partial charge in [-0.3, -0.25) is 14.9 Å². The minimum Gasteiger partial charge on any atom is -0.392 e. The number of β-amino-alcohol motifs (C(OH)–C–C–N with tert-alkyl or cyclic N) is 1. The molecule has 0 saturated carbocycles. The fraction of sp³-hybridized carbons (Fsp3) is 0.364. The van der Waals surface area contributed by atoms with Gasteiger partial charge in [-0.1, -0.05) is 15.9 Å². The number of nitro benzene ring substituents is 1. The molecular weight excluding hydrogens is 318 g/mol. The number of nitrogens with one attached hydrogen (secondary N) is 2. The summed E-state index contributed by atoms with van der Waals surface area (Å²) in [4.78, 5) is 22.2. The second-order valence-corrected chi connectivity index (χ2v) is 5.17. The van der Waals surface area contributed by atoms with Gasteiger partial charge in [-0.2, -0.15) is 0 Å². The van der Waals surface area contributed by atoms with E-state index in [0.717, 1.165) is 0 Å². The van der Waals surface area contributed by atoms with Crippen LogP contribution in [0, 0.1) is 10.1 Å². The maximum absolute atomic E-state index is 11.9. The molecule has 2 atom stereocenters. The molecule has 7 nitrogen and oxygen atoms in total. The van der Waals surface area contributed by atoms with Crippen molar-refractivity contribution in [3.8, 4) is 0 Å². The second-order valence-electron chi connectivity index (χ2n) is 4.26. The Balaban J connectivity index is 2.14. The molecule has 0 aliphatic carbocycles. The number of carbonyl (C=O) groups is 1. The fourth-order valence-electron chi connectivity index (χ4n) is 1.90. The van der Waals surface area contributed by atoms with E-state index in [9.17, 15) is 20.0 Å². The minimum atomic E-state index is -0.560. The molecule has 1 amide bonds. The number of rotatable bonds is 3. The van der Waals surface area contributed by atoms with Crippen LogP contribution in [-0.4, -0.2) is 34.6 Å². The van der Waals surface area contributed by atoms with E-state index >= 15 is 0 Å². The quantitative estimate of drug-likeness (QED) is 0.567. The SMILES string of the molecule is O=C(Nc1ccc(Br)cc1[N+](=O)[O-])C1CC(O)CN1. The fourth-order valence-corrected chi connectivity index (χ4v) is 2.25. The van der Waals surface area contributed by atoms with Gasteiger partial charge in [0.25, 0.3) is 5.69 Å². The van der Waals surface area contributed by atoms with E-state index in [1.807, 2.05) is 0 Å². The number of hydrogen-bond donors (Lipinski definition) is 3. The first-order chi connectivity index (χ1) is 8.97. The van der Waals surface area contributed by atoms with Gasteiger partial charge in [0.15, 0.2) is 0 Å². The van der Waals surface area contributed by atoms with Crippen molar-refractivity contribution in [3.63, 3.8) is 0 Å². The first-order valence-electron chi connectivity index (χ1n) is 5.63. The van der Waals surface area contributed by atoms with Crippen LogP contribution in [0.25, 0.3) is 0 Å². The molecule has 19 heavy (non-hydrogen) atoms. The van der Waals surface area contributed by atoms with Gasteiger partial charge in [0, 0.05) is 17.1 Å². The van der Waals surface area contributed by atoms with Gasteiger partial charge < -0.3 is 15.7 Å². The van der Waals surface area contributed by atoms with Crippen molar-refractivity contribution in [2.24, 2.45) is 0 Å². The predicted octanol–water partition coefficient (Wildman–Crippen LogP) is 1.02. The molecular formula is C11H12BrN3O4. The van der Waals surface area contributed by atoms with Crippen molar-refractivity contribution < 1.29 is 14.8 Å². The van der Waals surface area contributed by atoms with Gasteiger partial charge in [-0.15, -0.1) is 0 Å². The van der Waals surface area contributed by atoms with Crippen LogP contribution in [0.5, 0.6) is 0 Å². The summed E-state index contributed by atoms with van der Waals surface area (Å²) in [6.45, 7) is 0.348. The third-order valence-corrected chi connectivity index (χ3v) is 3.33. The van der Waals surface area contributed by atoms with Crippen molar-refractivity contribution in [3.05, 3.63) is 32.8 Å². The lowest BCUT2D eigenvalue weighted by atomic mass is 10.2. The van der Waals surface area contributed by atoms with E-state index in [1.165, 1.54) is 12.1 Å². The van der Waals surface area contributed by atoms with E-state index in [4.69, 9.17) is 0 Å². The summed E-state index contributed by atoms with van der Waals surface area (Å²) in [7, 11) is 0. The van der Waals surface area contributed by atoms with Crippen LogP contribution < -0.4 is 10.6 Å². The lowest BCUT2D eigenvalue weighted by molar-refractivity contribution is -0.384. The van der Waals surface area contributed by atoms with Gasteiger partial charge >= 0.3 is 0 Å². The maximum atomic E-state index is 11.9. The zero-order chi connectivity index (χ0) is 14.0. The molecule has 2 unspecified atom stereocenters. The summed E-state index contributed by atoms with van der Waals surface area (Å²) in [6.07, 6.45) is -0.258. The van der Waals surface area contributed by atoms with Crippen molar-refractivity contribution in [1.29, 1.82) is 0 Å². The zero-order valence-electron chi connectivity index (χ0n) is 9.80. The molecule has 0 spiro atoms. The average molecular weight is 330 g/mol. The van der Waals surface area contributed by atoms with E-state index in [1.54, 1.807) is 6.07 Å². The highest BCUT2D eigenvalue weighted by Crippen LogP contribution is 2.28. The number of amides is 1. The Morgan fingerprint density at radius 1 is 1.58 bits per heavy atom. The van der Waals surface area contributed by atoms with Gasteiger partial charge in [-0.25, -0.2) is 0 Å². The Morgan fingerprint density at radius 2 is 2.32 bits per heavy atom. The molecule has 1 aliphatic rings. The summed E-state index contributed by atoms with van der Waals surface area (Å²) < 4.78 is 0.562. The summed E-state index contributed by atoms with van der Waals surface area (Å²) in [5, 5.41) is 25.6. The molecule has 0 bridgehead atoms. The molecule has 1 saturated heterocycles. The maximum Gasteiger partial charge on any atom is 0.293 e. The lowest BCUT2D eigenvalue weighted by Gasteiger charge is -2.11. The Morgan fingerprint density at radius 3 is 2.89 bits per heavy atom. The van der Waals surface area contributed by atoms with Crippen molar-refractivity contribution in [2.45, 2.75) is 18.6 Å². The highest BCUT2D eigenvalue weighted by atomic mass is 79.9. The molecule has 1 heterocycles. The number of nitrogens with zero attached hydrogens (tertiary/aromatic N) is 1. The highest BCUT2D eigenvalue weighted by Gasteiger charge is 2.29. The van der Waals surface area contributed by atoms with Crippen LogP contribution in [0.3, 0.4) is 0 Å². The summed E-state index contributed by atoms with van der Waals surface area (Å²) in [6, 6.07) is 3.87. The van der Waals surface area contributed by atoms with Crippen LogP contribution >= 0.6 is 15.9 Å². The molecule has 1 aliphatic heterocycles. The number of anilines is 1. The predicted molar refractivity (Wildman–Crippen MR) is 71.8 cm³/mol. The van der Waals surface area contributed by atoms with Crippen molar-refractivity contribution >= 4 is 33.2 Å². The van der Waals surface area contributed by atoms with Crippen LogP contribution in [0.4, 0.5) is 11.4 Å². The number of hydrogen-bond acceptors (Lipinski definition) is 5. The number of aliphatic hydroxyl groups excluding tert-OH is 1. The smallest absolute Gasteiger partial charge is 0.293 e. The van der Waals surface area contributed by atoms with E-state index in [2.05, 4.69) is 26.6 Å². The van der Waals surface area contributed by atoms with Crippen LogP contribution in [0.1, 0.15) is 6.42 Å². The third kappa shape index (κ3) is 3.28. The monoisotopic (exact) mass is 329 g/mol. The first kappa shape index (κ1) is 13.9. The summed E-state index contributed by atoms with van der Waals surface area (Å²) in [5.41, 5.74) is -0.0392. The Hall–Kier alpha value is -1.51. The third-order valence-electron chi connectivity index (χ3n) is 2.84. The van der Waals surface area contributed by atoms with E-state index in [-0.39, 0.29) is 17.3 Å². The van der Waals surface area contributed by atoms with E-state index < -0.39 is 17.1 Å². The average Bonchev–Trinajstić information content (AvgIpc) is 2.78. The van der Waals surface area contributed by atoms with Crippen LogP contribution in [0.15, 0.2) is 22.7 Å². The van der Waals surface area contributed by atoms with E-state index in [0.29, 0.717) is 17.4 Å². The number of halogens is 1.